The van der Waals surface area contributed by atoms with Gasteiger partial charge in [0.15, 0.2) is 0 Å². The number of rotatable bonds is 5. The van der Waals surface area contributed by atoms with Gasteiger partial charge in [-0.25, -0.2) is 8.78 Å². The van der Waals surface area contributed by atoms with E-state index in [-0.39, 0.29) is 5.56 Å². The molecule has 0 aliphatic carbocycles. The molecule has 1 N–H and O–H groups in total. The highest BCUT2D eigenvalue weighted by Crippen LogP contribution is 2.31. The molecule has 1 unspecified atom stereocenters. The van der Waals surface area contributed by atoms with Crippen molar-refractivity contribution in [1.29, 1.82) is 0 Å². The largest absolute Gasteiger partial charge is 0.306 e. The summed E-state index contributed by atoms with van der Waals surface area (Å²) in [6.07, 6.45) is 0.912. The first kappa shape index (κ1) is 14.2. The van der Waals surface area contributed by atoms with E-state index in [9.17, 15) is 8.78 Å². The Kier molecular flexibility index (Phi) is 4.66. The molecule has 19 heavy (non-hydrogen) atoms. The number of hydrogen-bond acceptors (Lipinski definition) is 2. The summed E-state index contributed by atoms with van der Waals surface area (Å²) in [7, 11) is 0. The highest BCUT2D eigenvalue weighted by molar-refractivity contribution is 7.10. The first-order valence-corrected chi connectivity index (χ1v) is 7.24. The number of halogens is 2. The minimum Gasteiger partial charge on any atom is -0.306 e. The molecule has 0 aliphatic rings. The van der Waals surface area contributed by atoms with Crippen LogP contribution in [0.15, 0.2) is 29.6 Å². The average Bonchev–Trinajstić information content (AvgIpc) is 2.79. The third-order valence-electron chi connectivity index (χ3n) is 3.10. The smallest absolute Gasteiger partial charge is 0.131 e. The molecule has 0 amide bonds. The lowest BCUT2D eigenvalue weighted by atomic mass is 9.98. The lowest BCUT2D eigenvalue weighted by molar-refractivity contribution is 0.503. The zero-order chi connectivity index (χ0) is 13.8. The Morgan fingerprint density at radius 1 is 1.21 bits per heavy atom. The molecule has 1 nitrogen and oxygen atoms in total. The van der Waals surface area contributed by atoms with E-state index in [0.29, 0.717) is 6.54 Å². The molecule has 0 aliphatic heterocycles. The van der Waals surface area contributed by atoms with Gasteiger partial charge in [-0.15, -0.1) is 11.3 Å². The van der Waals surface area contributed by atoms with Gasteiger partial charge in [0.1, 0.15) is 11.6 Å². The third kappa shape index (κ3) is 3.01. The quantitative estimate of drug-likeness (QED) is 0.855. The van der Waals surface area contributed by atoms with E-state index in [1.165, 1.54) is 18.2 Å². The SMILES string of the molecule is CCCNC(c1ccsc1C)c1c(F)cccc1F. The maximum Gasteiger partial charge on any atom is 0.131 e. The fraction of sp³-hybridized carbons (Fsp3) is 0.333. The molecule has 0 radical (unpaired) electrons. The lowest BCUT2D eigenvalue weighted by Gasteiger charge is -2.20. The van der Waals surface area contributed by atoms with Crippen LogP contribution in [0.4, 0.5) is 8.78 Å². The topological polar surface area (TPSA) is 12.0 Å². The van der Waals surface area contributed by atoms with Crippen LogP contribution in [0.25, 0.3) is 0 Å². The predicted molar refractivity (Wildman–Crippen MR) is 75.6 cm³/mol. The van der Waals surface area contributed by atoms with Gasteiger partial charge in [-0.3, -0.25) is 0 Å². The minimum absolute atomic E-state index is 0.109. The van der Waals surface area contributed by atoms with Crippen LogP contribution in [-0.4, -0.2) is 6.54 Å². The van der Waals surface area contributed by atoms with E-state index < -0.39 is 17.7 Å². The highest BCUT2D eigenvalue weighted by Gasteiger charge is 2.23. The van der Waals surface area contributed by atoms with Gasteiger partial charge in [0, 0.05) is 10.4 Å². The van der Waals surface area contributed by atoms with Crippen molar-refractivity contribution in [3.8, 4) is 0 Å². The van der Waals surface area contributed by atoms with E-state index in [4.69, 9.17) is 0 Å². The molecule has 0 spiro atoms. The van der Waals surface area contributed by atoms with Crippen LogP contribution in [0.5, 0.6) is 0 Å². The fourth-order valence-electron chi connectivity index (χ4n) is 2.14. The maximum atomic E-state index is 14.0. The van der Waals surface area contributed by atoms with Crippen LogP contribution in [0, 0.1) is 18.6 Å². The number of benzene rings is 1. The van der Waals surface area contributed by atoms with Crippen LogP contribution < -0.4 is 5.32 Å². The van der Waals surface area contributed by atoms with Crippen LogP contribution in [0.1, 0.15) is 35.4 Å². The van der Waals surface area contributed by atoms with Crippen LogP contribution in [0.2, 0.25) is 0 Å². The second-order valence-corrected chi connectivity index (χ2v) is 5.57. The van der Waals surface area contributed by atoms with Gasteiger partial charge in [0.2, 0.25) is 0 Å². The first-order valence-electron chi connectivity index (χ1n) is 6.36. The lowest BCUT2D eigenvalue weighted by Crippen LogP contribution is -2.25. The summed E-state index contributed by atoms with van der Waals surface area (Å²) in [5, 5.41) is 5.19. The van der Waals surface area contributed by atoms with Crippen LogP contribution >= 0.6 is 11.3 Å². The summed E-state index contributed by atoms with van der Waals surface area (Å²) >= 11 is 1.59. The summed E-state index contributed by atoms with van der Waals surface area (Å²) in [6.45, 7) is 4.72. The Balaban J connectivity index is 2.46. The van der Waals surface area contributed by atoms with Gasteiger partial charge in [-0.1, -0.05) is 13.0 Å². The Bertz CT molecular complexity index is 531. The van der Waals surface area contributed by atoms with Gasteiger partial charge in [-0.05, 0) is 49.0 Å². The van der Waals surface area contributed by atoms with Gasteiger partial charge >= 0.3 is 0 Å². The molecule has 2 rings (SSSR count). The zero-order valence-electron chi connectivity index (χ0n) is 11.0. The van der Waals surface area contributed by atoms with Gasteiger partial charge < -0.3 is 5.32 Å². The summed E-state index contributed by atoms with van der Waals surface area (Å²) in [5.74, 6) is -1.00. The van der Waals surface area contributed by atoms with Crippen LogP contribution in [-0.2, 0) is 0 Å². The summed E-state index contributed by atoms with van der Waals surface area (Å²) in [5.41, 5.74) is 1.06. The van der Waals surface area contributed by atoms with E-state index in [1.54, 1.807) is 11.3 Å². The van der Waals surface area contributed by atoms with Crippen molar-refractivity contribution in [3.63, 3.8) is 0 Å². The molecule has 4 heteroatoms. The average molecular weight is 281 g/mol. The molecule has 102 valence electrons. The normalized spacial score (nSPS) is 12.6. The van der Waals surface area contributed by atoms with Crippen molar-refractivity contribution in [3.05, 3.63) is 57.3 Å². The van der Waals surface area contributed by atoms with Crippen molar-refractivity contribution < 1.29 is 8.78 Å². The molecule has 2 aromatic rings. The molecule has 1 aromatic carbocycles. The number of aryl methyl sites for hydroxylation is 1. The van der Waals surface area contributed by atoms with Crippen LogP contribution in [0.3, 0.4) is 0 Å². The van der Waals surface area contributed by atoms with E-state index in [1.807, 2.05) is 25.3 Å². The molecular weight excluding hydrogens is 264 g/mol. The Labute approximate surface area is 116 Å². The maximum absolute atomic E-state index is 14.0. The fourth-order valence-corrected chi connectivity index (χ4v) is 2.88. The number of hydrogen-bond donors (Lipinski definition) is 1. The number of nitrogens with one attached hydrogen (secondary N) is 1. The molecular formula is C15H17F2NS. The number of thiophene rings is 1. The van der Waals surface area contributed by atoms with Crippen molar-refractivity contribution in [2.75, 3.05) is 6.54 Å². The van der Waals surface area contributed by atoms with Crippen molar-refractivity contribution in [1.82, 2.24) is 5.32 Å². The van der Waals surface area contributed by atoms with E-state index in [2.05, 4.69) is 5.32 Å². The van der Waals surface area contributed by atoms with Gasteiger partial charge in [0.25, 0.3) is 0 Å². The molecule has 0 saturated heterocycles. The molecule has 1 heterocycles. The van der Waals surface area contributed by atoms with Crippen molar-refractivity contribution in [2.45, 2.75) is 26.3 Å². The second-order valence-electron chi connectivity index (χ2n) is 4.45. The Morgan fingerprint density at radius 2 is 1.89 bits per heavy atom. The zero-order valence-corrected chi connectivity index (χ0v) is 11.9. The summed E-state index contributed by atoms with van der Waals surface area (Å²) in [4.78, 5) is 1.08. The predicted octanol–water partition coefficient (Wildman–Crippen LogP) is 4.42. The second kappa shape index (κ2) is 6.26. The third-order valence-corrected chi connectivity index (χ3v) is 3.96. The highest BCUT2D eigenvalue weighted by atomic mass is 32.1. The molecule has 1 atom stereocenters. The monoisotopic (exact) mass is 281 g/mol. The van der Waals surface area contributed by atoms with Crippen molar-refractivity contribution >= 4 is 11.3 Å². The minimum atomic E-state index is -0.501. The van der Waals surface area contributed by atoms with E-state index in [0.717, 1.165) is 16.9 Å². The Morgan fingerprint density at radius 3 is 2.42 bits per heavy atom. The molecule has 0 fully saturated rings. The summed E-state index contributed by atoms with van der Waals surface area (Å²) < 4.78 is 27.9. The van der Waals surface area contributed by atoms with Gasteiger partial charge in [0.05, 0.1) is 6.04 Å². The summed E-state index contributed by atoms with van der Waals surface area (Å²) in [6, 6.07) is 5.51. The Hall–Kier alpha value is -1.26. The molecule has 1 aromatic heterocycles. The van der Waals surface area contributed by atoms with Gasteiger partial charge in [-0.2, -0.15) is 0 Å². The molecule has 0 saturated carbocycles. The van der Waals surface area contributed by atoms with E-state index >= 15 is 0 Å². The first-order chi connectivity index (χ1) is 9.15. The van der Waals surface area contributed by atoms with Crippen molar-refractivity contribution in [2.24, 2.45) is 0 Å². The standard InChI is InChI=1S/C15H17F2NS/c1-3-8-18-15(11-7-9-19-10(11)2)14-12(16)5-4-6-13(14)17/h4-7,9,15,18H,3,8H2,1-2H3. The molecule has 0 bridgehead atoms.